The number of nitrogens with zero attached hydrogens (tertiary/aromatic N) is 1. The number of hydrogen-bond acceptors (Lipinski definition) is 3. The van der Waals surface area contributed by atoms with Crippen molar-refractivity contribution in [2.75, 3.05) is 5.32 Å². The average Bonchev–Trinajstić information content (AvgIpc) is 2.70. The highest BCUT2D eigenvalue weighted by molar-refractivity contribution is 9.10. The Kier molecular flexibility index (Phi) is 3.42. The molecule has 1 aromatic heterocycles. The topological polar surface area (TPSA) is 71.1 Å². The van der Waals surface area contributed by atoms with Crippen LogP contribution >= 0.6 is 15.9 Å². The lowest BCUT2D eigenvalue weighted by Gasteiger charge is -2.10. The Hall–Kier alpha value is -1.43. The number of rotatable bonds is 2. The predicted molar refractivity (Wildman–Crippen MR) is 66.5 cm³/mol. The maximum Gasteiger partial charge on any atom is 0.248 e. The van der Waals surface area contributed by atoms with E-state index in [1.165, 1.54) is 0 Å². The third-order valence-electron chi connectivity index (χ3n) is 2.61. The van der Waals surface area contributed by atoms with Crippen LogP contribution in [-0.2, 0) is 9.59 Å². The first kappa shape index (κ1) is 12.0. The lowest BCUT2D eigenvalue weighted by molar-refractivity contribution is -0.122. The van der Waals surface area contributed by atoms with E-state index in [0.29, 0.717) is 18.7 Å². The molecule has 2 rings (SSSR count). The van der Waals surface area contributed by atoms with Gasteiger partial charge in [0.15, 0.2) is 0 Å². The summed E-state index contributed by atoms with van der Waals surface area (Å²) in [5.41, 5.74) is 0.991. The van der Waals surface area contributed by atoms with Gasteiger partial charge in [-0.15, -0.1) is 0 Å². The van der Waals surface area contributed by atoms with Crippen molar-refractivity contribution in [1.82, 2.24) is 10.3 Å². The van der Waals surface area contributed by atoms with E-state index in [1.807, 2.05) is 6.92 Å². The standard InChI is InChI=1S/C11H12BrN3O2/c1-6-4-9(13-5-7(6)12)15-11(17)8-2-3-10(16)14-8/h4-5,8H,2-3H2,1H3,(H,14,16)(H,13,15,17)/t8-/m0/s1. The van der Waals surface area contributed by atoms with Crippen LogP contribution in [0, 0.1) is 6.92 Å². The SMILES string of the molecule is Cc1cc(NC(=O)[C@@H]2CCC(=O)N2)ncc1Br. The highest BCUT2D eigenvalue weighted by atomic mass is 79.9. The molecule has 0 aliphatic carbocycles. The van der Waals surface area contributed by atoms with Gasteiger partial charge in [0.2, 0.25) is 11.8 Å². The second-order valence-corrected chi connectivity index (χ2v) is 4.82. The van der Waals surface area contributed by atoms with Gasteiger partial charge in [0.05, 0.1) is 0 Å². The van der Waals surface area contributed by atoms with Gasteiger partial charge in [-0.3, -0.25) is 9.59 Å². The van der Waals surface area contributed by atoms with Crippen LogP contribution in [0.4, 0.5) is 5.82 Å². The average molecular weight is 298 g/mol. The molecule has 0 aromatic carbocycles. The smallest absolute Gasteiger partial charge is 0.248 e. The minimum atomic E-state index is -0.437. The van der Waals surface area contributed by atoms with Crippen molar-refractivity contribution in [3.63, 3.8) is 0 Å². The molecule has 1 fully saturated rings. The third kappa shape index (κ3) is 2.82. The van der Waals surface area contributed by atoms with E-state index in [4.69, 9.17) is 0 Å². The van der Waals surface area contributed by atoms with E-state index in [0.717, 1.165) is 10.0 Å². The van der Waals surface area contributed by atoms with Gasteiger partial charge >= 0.3 is 0 Å². The number of pyridine rings is 1. The zero-order valence-corrected chi connectivity index (χ0v) is 10.9. The number of halogens is 1. The van der Waals surface area contributed by atoms with Crippen LogP contribution in [0.15, 0.2) is 16.7 Å². The number of nitrogens with one attached hydrogen (secondary N) is 2. The maximum absolute atomic E-state index is 11.8. The number of carbonyl (C=O) groups excluding carboxylic acids is 2. The summed E-state index contributed by atoms with van der Waals surface area (Å²) in [6.45, 7) is 1.92. The van der Waals surface area contributed by atoms with E-state index >= 15 is 0 Å². The Balaban J connectivity index is 2.03. The van der Waals surface area contributed by atoms with Crippen molar-refractivity contribution in [2.45, 2.75) is 25.8 Å². The Morgan fingerprint density at radius 2 is 2.41 bits per heavy atom. The highest BCUT2D eigenvalue weighted by Crippen LogP contribution is 2.17. The molecule has 0 saturated carbocycles. The minimum absolute atomic E-state index is 0.0786. The van der Waals surface area contributed by atoms with Crippen molar-refractivity contribution in [2.24, 2.45) is 0 Å². The molecular formula is C11H12BrN3O2. The Labute approximate surface area is 107 Å². The fourth-order valence-electron chi connectivity index (χ4n) is 1.63. The van der Waals surface area contributed by atoms with Crippen LogP contribution in [0.1, 0.15) is 18.4 Å². The molecule has 17 heavy (non-hydrogen) atoms. The quantitative estimate of drug-likeness (QED) is 0.866. The summed E-state index contributed by atoms with van der Waals surface area (Å²) in [6.07, 6.45) is 2.59. The molecule has 6 heteroatoms. The van der Waals surface area contributed by atoms with Crippen LogP contribution in [0.2, 0.25) is 0 Å². The first-order valence-corrected chi connectivity index (χ1v) is 6.08. The molecule has 1 atom stereocenters. The van der Waals surface area contributed by atoms with Crippen molar-refractivity contribution >= 4 is 33.6 Å². The lowest BCUT2D eigenvalue weighted by atomic mass is 10.2. The van der Waals surface area contributed by atoms with Gasteiger partial charge in [-0.05, 0) is 40.9 Å². The Morgan fingerprint density at radius 1 is 1.65 bits per heavy atom. The zero-order chi connectivity index (χ0) is 12.4. The lowest BCUT2D eigenvalue weighted by Crippen LogP contribution is -2.37. The van der Waals surface area contributed by atoms with Gasteiger partial charge in [0.1, 0.15) is 11.9 Å². The van der Waals surface area contributed by atoms with E-state index in [-0.39, 0.29) is 11.8 Å². The largest absolute Gasteiger partial charge is 0.344 e. The van der Waals surface area contributed by atoms with Gasteiger partial charge in [-0.1, -0.05) is 0 Å². The Bertz CT molecular complexity index is 476. The molecule has 0 radical (unpaired) electrons. The molecule has 1 aliphatic heterocycles. The minimum Gasteiger partial charge on any atom is -0.344 e. The van der Waals surface area contributed by atoms with Crippen molar-refractivity contribution in [1.29, 1.82) is 0 Å². The van der Waals surface area contributed by atoms with E-state index in [1.54, 1.807) is 12.3 Å². The molecule has 2 N–H and O–H groups in total. The third-order valence-corrected chi connectivity index (χ3v) is 3.44. The number of hydrogen-bond donors (Lipinski definition) is 2. The van der Waals surface area contributed by atoms with Gasteiger partial charge in [-0.2, -0.15) is 0 Å². The molecule has 2 heterocycles. The monoisotopic (exact) mass is 297 g/mol. The number of amides is 2. The van der Waals surface area contributed by atoms with Crippen LogP contribution in [-0.4, -0.2) is 22.8 Å². The van der Waals surface area contributed by atoms with E-state index in [2.05, 4.69) is 31.5 Å². The van der Waals surface area contributed by atoms with Crippen LogP contribution < -0.4 is 10.6 Å². The summed E-state index contributed by atoms with van der Waals surface area (Å²) >= 11 is 3.34. The predicted octanol–water partition coefficient (Wildman–Crippen LogP) is 1.37. The van der Waals surface area contributed by atoms with Crippen molar-refractivity contribution < 1.29 is 9.59 Å². The number of aryl methyl sites for hydroxylation is 1. The second kappa shape index (κ2) is 4.83. The number of aromatic nitrogens is 1. The second-order valence-electron chi connectivity index (χ2n) is 3.97. The molecule has 0 spiro atoms. The van der Waals surface area contributed by atoms with Crippen LogP contribution in [0.25, 0.3) is 0 Å². The molecule has 1 aromatic rings. The van der Waals surface area contributed by atoms with Gasteiger partial charge < -0.3 is 10.6 Å². The summed E-state index contributed by atoms with van der Waals surface area (Å²) in [6, 6.07) is 1.34. The molecule has 1 saturated heterocycles. The van der Waals surface area contributed by atoms with Crippen LogP contribution in [0.5, 0.6) is 0 Å². The van der Waals surface area contributed by atoms with Crippen molar-refractivity contribution in [3.05, 3.63) is 22.3 Å². The van der Waals surface area contributed by atoms with Gasteiger partial charge in [-0.25, -0.2) is 4.98 Å². The highest BCUT2D eigenvalue weighted by Gasteiger charge is 2.27. The summed E-state index contributed by atoms with van der Waals surface area (Å²) in [4.78, 5) is 26.9. The molecular weight excluding hydrogens is 286 g/mol. The molecule has 2 amide bonds. The van der Waals surface area contributed by atoms with Crippen molar-refractivity contribution in [3.8, 4) is 0 Å². The first-order chi connectivity index (χ1) is 8.06. The van der Waals surface area contributed by atoms with E-state index < -0.39 is 6.04 Å². The first-order valence-electron chi connectivity index (χ1n) is 5.28. The summed E-state index contributed by atoms with van der Waals surface area (Å²) in [7, 11) is 0. The molecule has 1 aliphatic rings. The van der Waals surface area contributed by atoms with Crippen LogP contribution in [0.3, 0.4) is 0 Å². The zero-order valence-electron chi connectivity index (χ0n) is 9.29. The maximum atomic E-state index is 11.8. The molecule has 0 bridgehead atoms. The normalized spacial score (nSPS) is 18.9. The molecule has 5 nitrogen and oxygen atoms in total. The van der Waals surface area contributed by atoms with Gasteiger partial charge in [0, 0.05) is 17.1 Å². The Morgan fingerprint density at radius 3 is 3.00 bits per heavy atom. The fourth-order valence-corrected chi connectivity index (χ4v) is 1.85. The number of carbonyl (C=O) groups is 2. The summed E-state index contributed by atoms with van der Waals surface area (Å²) in [5, 5.41) is 5.30. The summed E-state index contributed by atoms with van der Waals surface area (Å²) < 4.78 is 0.893. The fraction of sp³-hybridized carbons (Fsp3) is 0.364. The number of anilines is 1. The molecule has 90 valence electrons. The molecule has 0 unspecified atom stereocenters. The summed E-state index contributed by atoms with van der Waals surface area (Å²) in [5.74, 6) is 0.201. The van der Waals surface area contributed by atoms with E-state index in [9.17, 15) is 9.59 Å². The van der Waals surface area contributed by atoms with Gasteiger partial charge in [0.25, 0.3) is 0 Å².